The summed E-state index contributed by atoms with van der Waals surface area (Å²) in [6.07, 6.45) is 0. The fourth-order valence-corrected chi connectivity index (χ4v) is 3.86. The zero-order chi connectivity index (χ0) is 14.8. The van der Waals surface area contributed by atoms with E-state index < -0.39 is 15.9 Å². The first-order valence-corrected chi connectivity index (χ1v) is 8.28. The molecular formula is C11H8Cl2N2O3S2. The van der Waals surface area contributed by atoms with E-state index in [1.165, 1.54) is 24.3 Å². The Morgan fingerprint density at radius 2 is 1.80 bits per heavy atom. The summed E-state index contributed by atoms with van der Waals surface area (Å²) < 4.78 is 24.1. The van der Waals surface area contributed by atoms with Crippen LogP contribution in [0.15, 0.2) is 40.6 Å². The van der Waals surface area contributed by atoms with Crippen molar-refractivity contribution in [3.63, 3.8) is 0 Å². The number of halogens is 2. The van der Waals surface area contributed by atoms with E-state index in [-0.39, 0.29) is 14.8 Å². The van der Waals surface area contributed by atoms with Crippen molar-refractivity contribution in [3.05, 3.63) is 51.3 Å². The van der Waals surface area contributed by atoms with Crippen molar-refractivity contribution < 1.29 is 13.2 Å². The van der Waals surface area contributed by atoms with Gasteiger partial charge in [-0.25, -0.2) is 8.42 Å². The average molecular weight is 351 g/mol. The van der Waals surface area contributed by atoms with Gasteiger partial charge in [-0.3, -0.25) is 10.2 Å². The normalized spacial score (nSPS) is 11.3. The highest BCUT2D eigenvalue weighted by Gasteiger charge is 2.18. The molecule has 2 N–H and O–H groups in total. The summed E-state index contributed by atoms with van der Waals surface area (Å²) in [7, 11) is -3.85. The lowest BCUT2D eigenvalue weighted by Gasteiger charge is -2.07. The van der Waals surface area contributed by atoms with Crippen LogP contribution in [0.3, 0.4) is 0 Å². The Morgan fingerprint density at radius 1 is 1.10 bits per heavy atom. The van der Waals surface area contributed by atoms with E-state index in [0.29, 0.717) is 4.34 Å². The molecule has 1 aromatic heterocycles. The van der Waals surface area contributed by atoms with Gasteiger partial charge >= 0.3 is 0 Å². The second-order valence-corrected chi connectivity index (χ2v) is 7.63. The fourth-order valence-electron chi connectivity index (χ4n) is 1.32. The number of sulfonamides is 1. The molecule has 0 aliphatic carbocycles. The van der Waals surface area contributed by atoms with Crippen LogP contribution in [-0.2, 0) is 10.0 Å². The summed E-state index contributed by atoms with van der Waals surface area (Å²) in [6, 6.07) is 9.09. The van der Waals surface area contributed by atoms with Crippen molar-refractivity contribution in [1.82, 2.24) is 10.3 Å². The molecule has 5 nitrogen and oxygen atoms in total. The standard InChI is InChI=1S/C11H8Cl2N2O3S2/c12-8-4-2-1-3-7(8)11(16)14-15-20(17,18)10-6-5-9(13)19-10/h1-6,15H,(H,14,16). The van der Waals surface area contributed by atoms with Crippen molar-refractivity contribution >= 4 is 50.5 Å². The van der Waals surface area contributed by atoms with Gasteiger partial charge in [0.15, 0.2) is 0 Å². The van der Waals surface area contributed by atoms with Crippen LogP contribution in [0.25, 0.3) is 0 Å². The van der Waals surface area contributed by atoms with Gasteiger partial charge in [0.2, 0.25) is 0 Å². The van der Waals surface area contributed by atoms with Gasteiger partial charge in [-0.15, -0.1) is 16.2 Å². The first kappa shape index (κ1) is 15.3. The van der Waals surface area contributed by atoms with Gasteiger partial charge in [0, 0.05) is 0 Å². The Kier molecular flexibility index (Phi) is 4.66. The molecule has 0 atom stereocenters. The minimum absolute atomic E-state index is 0.00181. The molecule has 0 aliphatic heterocycles. The zero-order valence-corrected chi connectivity index (χ0v) is 12.9. The van der Waals surface area contributed by atoms with Gasteiger partial charge in [0.25, 0.3) is 15.9 Å². The van der Waals surface area contributed by atoms with Gasteiger partial charge < -0.3 is 0 Å². The highest BCUT2D eigenvalue weighted by Crippen LogP contribution is 2.25. The maximum atomic E-state index is 11.9. The highest BCUT2D eigenvalue weighted by atomic mass is 35.5. The summed E-state index contributed by atoms with van der Waals surface area (Å²) in [4.78, 5) is 13.8. The molecule has 0 saturated heterocycles. The monoisotopic (exact) mass is 350 g/mol. The van der Waals surface area contributed by atoms with E-state index in [4.69, 9.17) is 23.2 Å². The minimum atomic E-state index is -3.85. The molecule has 2 rings (SSSR count). The summed E-state index contributed by atoms with van der Waals surface area (Å²) >= 11 is 12.4. The van der Waals surface area contributed by atoms with E-state index in [2.05, 4.69) is 5.43 Å². The second kappa shape index (κ2) is 6.11. The van der Waals surface area contributed by atoms with E-state index in [1.807, 2.05) is 4.83 Å². The van der Waals surface area contributed by atoms with Crippen molar-refractivity contribution in [2.24, 2.45) is 0 Å². The van der Waals surface area contributed by atoms with Crippen molar-refractivity contribution in [2.75, 3.05) is 0 Å². The average Bonchev–Trinajstić information content (AvgIpc) is 2.84. The predicted molar refractivity (Wildman–Crippen MR) is 78.6 cm³/mol. The number of thiophene rings is 1. The lowest BCUT2D eigenvalue weighted by atomic mass is 10.2. The van der Waals surface area contributed by atoms with Gasteiger partial charge in [-0.2, -0.15) is 0 Å². The molecule has 106 valence electrons. The van der Waals surface area contributed by atoms with Gasteiger partial charge in [-0.05, 0) is 24.3 Å². The van der Waals surface area contributed by atoms with Crippen LogP contribution >= 0.6 is 34.5 Å². The molecule has 0 spiro atoms. The Balaban J connectivity index is 2.09. The number of hydrogen-bond acceptors (Lipinski definition) is 4. The highest BCUT2D eigenvalue weighted by molar-refractivity contribution is 7.91. The Hall–Kier alpha value is -1.12. The number of carbonyl (C=O) groups excluding carboxylic acids is 1. The third-order valence-electron chi connectivity index (χ3n) is 2.23. The van der Waals surface area contributed by atoms with Crippen molar-refractivity contribution in [1.29, 1.82) is 0 Å². The number of benzene rings is 1. The van der Waals surface area contributed by atoms with E-state index in [9.17, 15) is 13.2 Å². The third kappa shape index (κ3) is 3.50. The van der Waals surface area contributed by atoms with Crippen LogP contribution < -0.4 is 10.3 Å². The van der Waals surface area contributed by atoms with E-state index in [1.54, 1.807) is 12.1 Å². The molecule has 9 heteroatoms. The molecule has 1 heterocycles. The molecule has 20 heavy (non-hydrogen) atoms. The molecule has 0 bridgehead atoms. The van der Waals surface area contributed by atoms with Crippen LogP contribution in [0, 0.1) is 0 Å². The fraction of sp³-hybridized carbons (Fsp3) is 0. The molecule has 1 amide bonds. The molecule has 0 saturated carbocycles. The Bertz CT molecular complexity index is 744. The lowest BCUT2D eigenvalue weighted by Crippen LogP contribution is -2.41. The molecule has 0 unspecified atom stereocenters. The summed E-state index contributed by atoms with van der Waals surface area (Å²) in [5.41, 5.74) is 2.26. The zero-order valence-electron chi connectivity index (χ0n) is 9.76. The van der Waals surface area contributed by atoms with Gasteiger partial charge in [0.1, 0.15) is 4.21 Å². The first-order chi connectivity index (χ1) is 9.40. The number of carbonyl (C=O) groups is 1. The van der Waals surface area contributed by atoms with E-state index in [0.717, 1.165) is 11.3 Å². The largest absolute Gasteiger partial charge is 0.273 e. The third-order valence-corrected chi connectivity index (χ3v) is 5.53. The summed E-state index contributed by atoms with van der Waals surface area (Å²) in [5, 5.41) is 0.225. The maximum absolute atomic E-state index is 11.9. The Labute approximate surface area is 129 Å². The van der Waals surface area contributed by atoms with Crippen LogP contribution in [0.4, 0.5) is 0 Å². The number of hydrogen-bond donors (Lipinski definition) is 2. The SMILES string of the molecule is O=C(NNS(=O)(=O)c1ccc(Cl)s1)c1ccccc1Cl. The molecule has 0 fully saturated rings. The Morgan fingerprint density at radius 3 is 2.40 bits per heavy atom. The molecule has 2 aromatic rings. The molecule has 0 radical (unpaired) electrons. The molecule has 1 aromatic carbocycles. The van der Waals surface area contributed by atoms with Crippen LogP contribution in [0.5, 0.6) is 0 Å². The van der Waals surface area contributed by atoms with Crippen LogP contribution in [-0.4, -0.2) is 14.3 Å². The van der Waals surface area contributed by atoms with Crippen molar-refractivity contribution in [2.45, 2.75) is 4.21 Å². The number of nitrogens with one attached hydrogen (secondary N) is 2. The maximum Gasteiger partial charge on any atom is 0.267 e. The number of rotatable bonds is 4. The van der Waals surface area contributed by atoms with Gasteiger partial charge in [0.05, 0.1) is 14.9 Å². The minimum Gasteiger partial charge on any atom is -0.273 e. The topological polar surface area (TPSA) is 75.3 Å². The first-order valence-electron chi connectivity index (χ1n) is 5.22. The van der Waals surface area contributed by atoms with Crippen molar-refractivity contribution in [3.8, 4) is 0 Å². The molecule has 0 aliphatic rings. The quantitative estimate of drug-likeness (QED) is 0.832. The summed E-state index contributed by atoms with van der Waals surface area (Å²) in [6.45, 7) is 0. The lowest BCUT2D eigenvalue weighted by molar-refractivity contribution is 0.0945. The number of hydrazine groups is 1. The van der Waals surface area contributed by atoms with Gasteiger partial charge in [-0.1, -0.05) is 35.3 Å². The van der Waals surface area contributed by atoms with E-state index >= 15 is 0 Å². The smallest absolute Gasteiger partial charge is 0.267 e. The summed E-state index contributed by atoms with van der Waals surface area (Å²) in [5.74, 6) is -0.651. The van der Waals surface area contributed by atoms with Crippen LogP contribution in [0.2, 0.25) is 9.36 Å². The predicted octanol–water partition coefficient (Wildman–Crippen LogP) is 2.68. The second-order valence-electron chi connectivity index (χ2n) is 3.60. The molecular weight excluding hydrogens is 343 g/mol. The van der Waals surface area contributed by atoms with Crippen LogP contribution in [0.1, 0.15) is 10.4 Å². The number of amides is 1.